The molecule has 0 amide bonds. The first-order chi connectivity index (χ1) is 8.35. The summed E-state index contributed by atoms with van der Waals surface area (Å²) in [5.74, 6) is -0.440. The molecule has 0 bridgehead atoms. The fourth-order valence-electron chi connectivity index (χ4n) is 2.04. The predicted molar refractivity (Wildman–Crippen MR) is 72.6 cm³/mol. The first kappa shape index (κ1) is 15.6. The molecular weight excluding hydrogens is 246 g/mol. The summed E-state index contributed by atoms with van der Waals surface area (Å²) in [6, 6.07) is 3.23. The minimum absolute atomic E-state index is 0.156. The molecule has 18 heavy (non-hydrogen) atoms. The van der Waals surface area contributed by atoms with Crippen molar-refractivity contribution in [2.75, 3.05) is 13.2 Å². The van der Waals surface area contributed by atoms with Gasteiger partial charge in [0, 0.05) is 13.0 Å². The highest BCUT2D eigenvalue weighted by molar-refractivity contribution is 6.71. The van der Waals surface area contributed by atoms with Gasteiger partial charge in [-0.3, -0.25) is 0 Å². The Bertz CT molecular complexity index is 299. The number of nitriles is 1. The van der Waals surface area contributed by atoms with Crippen LogP contribution in [0.4, 0.5) is 0 Å². The molecule has 0 spiro atoms. The summed E-state index contributed by atoms with van der Waals surface area (Å²) in [5.41, 5.74) is 0. The molecule has 1 fully saturated rings. The summed E-state index contributed by atoms with van der Waals surface area (Å²) < 4.78 is 17.2. The van der Waals surface area contributed by atoms with Crippen LogP contribution in [0.2, 0.25) is 19.1 Å². The van der Waals surface area contributed by atoms with E-state index in [4.69, 9.17) is 19.2 Å². The summed E-state index contributed by atoms with van der Waals surface area (Å²) in [6.07, 6.45) is 2.63. The lowest BCUT2D eigenvalue weighted by molar-refractivity contribution is -0.139. The zero-order valence-electron chi connectivity index (χ0n) is 12.0. The third-order valence-electron chi connectivity index (χ3n) is 3.07. The van der Waals surface area contributed by atoms with E-state index in [1.54, 1.807) is 0 Å². The van der Waals surface area contributed by atoms with Gasteiger partial charge in [-0.2, -0.15) is 5.26 Å². The number of hydrogen-bond donors (Lipinski definition) is 0. The summed E-state index contributed by atoms with van der Waals surface area (Å²) in [6.45, 7) is 9.69. The van der Waals surface area contributed by atoms with E-state index in [2.05, 4.69) is 19.2 Å². The van der Waals surface area contributed by atoms with Crippen molar-refractivity contribution >= 4 is 8.32 Å². The average molecular weight is 271 g/mol. The second kappa shape index (κ2) is 6.67. The van der Waals surface area contributed by atoms with Crippen molar-refractivity contribution in [1.82, 2.24) is 0 Å². The van der Waals surface area contributed by atoms with E-state index in [1.165, 1.54) is 0 Å². The Hall–Kier alpha value is -0.413. The molecule has 1 aliphatic rings. The largest absolute Gasteiger partial charge is 0.417 e. The SMILES string of the molecule is CC1(C)OCC(CCO[Si](C)(C)CCCC#N)O1. The van der Waals surface area contributed by atoms with Gasteiger partial charge in [0.2, 0.25) is 0 Å². The van der Waals surface area contributed by atoms with Crippen LogP contribution in [0, 0.1) is 11.3 Å². The van der Waals surface area contributed by atoms with Gasteiger partial charge in [-0.15, -0.1) is 0 Å². The van der Waals surface area contributed by atoms with E-state index in [0.29, 0.717) is 13.0 Å². The number of rotatable bonds is 7. The second-order valence-electron chi connectivity index (χ2n) is 5.86. The molecular formula is C13H25NO3Si. The van der Waals surface area contributed by atoms with E-state index in [9.17, 15) is 0 Å². The van der Waals surface area contributed by atoms with Crippen LogP contribution < -0.4 is 0 Å². The Labute approximate surface area is 111 Å². The van der Waals surface area contributed by atoms with Crippen molar-refractivity contribution in [3.05, 3.63) is 0 Å². The van der Waals surface area contributed by atoms with Crippen LogP contribution in [0.15, 0.2) is 0 Å². The zero-order chi connectivity index (χ0) is 13.6. The molecule has 0 saturated carbocycles. The van der Waals surface area contributed by atoms with Gasteiger partial charge in [-0.1, -0.05) is 0 Å². The number of ether oxygens (including phenoxy) is 2. The van der Waals surface area contributed by atoms with Crippen molar-refractivity contribution in [3.63, 3.8) is 0 Å². The van der Waals surface area contributed by atoms with Crippen LogP contribution in [0.3, 0.4) is 0 Å². The van der Waals surface area contributed by atoms with Crippen molar-refractivity contribution in [3.8, 4) is 6.07 Å². The normalized spacial score (nSPS) is 22.9. The summed E-state index contributed by atoms with van der Waals surface area (Å²) >= 11 is 0. The minimum atomic E-state index is -1.60. The fraction of sp³-hybridized carbons (Fsp3) is 0.923. The lowest BCUT2D eigenvalue weighted by atomic mass is 10.3. The van der Waals surface area contributed by atoms with Gasteiger partial charge in [0.05, 0.1) is 18.8 Å². The quantitative estimate of drug-likeness (QED) is 0.527. The molecule has 1 unspecified atom stereocenters. The summed E-state index contributed by atoms with van der Waals surface area (Å²) in [5, 5.41) is 8.53. The molecule has 0 N–H and O–H groups in total. The van der Waals surface area contributed by atoms with E-state index in [-0.39, 0.29) is 6.10 Å². The van der Waals surface area contributed by atoms with Crippen LogP contribution in [-0.4, -0.2) is 33.4 Å². The topological polar surface area (TPSA) is 51.5 Å². The van der Waals surface area contributed by atoms with Crippen LogP contribution in [0.5, 0.6) is 0 Å². The molecule has 104 valence electrons. The predicted octanol–water partition coefficient (Wildman–Crippen LogP) is 3.05. The van der Waals surface area contributed by atoms with Crippen LogP contribution in [-0.2, 0) is 13.9 Å². The molecule has 1 aliphatic heterocycles. The highest BCUT2D eigenvalue weighted by Gasteiger charge is 2.32. The minimum Gasteiger partial charge on any atom is -0.417 e. The molecule has 0 aromatic carbocycles. The molecule has 0 aromatic heterocycles. The average Bonchev–Trinajstić information content (AvgIpc) is 2.58. The fourth-order valence-corrected chi connectivity index (χ4v) is 3.88. The van der Waals surface area contributed by atoms with Gasteiger partial charge in [-0.05, 0) is 45.8 Å². The maximum absolute atomic E-state index is 8.53. The van der Waals surface area contributed by atoms with E-state index in [1.807, 2.05) is 13.8 Å². The van der Waals surface area contributed by atoms with E-state index >= 15 is 0 Å². The Morgan fingerprint density at radius 3 is 2.72 bits per heavy atom. The standard InChI is InChI=1S/C13H25NO3Si/c1-13(2)15-11-12(17-13)7-9-16-18(3,4)10-6-5-8-14/h12H,5-7,9-11H2,1-4H3. The Morgan fingerprint density at radius 2 is 2.17 bits per heavy atom. The summed E-state index contributed by atoms with van der Waals surface area (Å²) in [7, 11) is -1.60. The lowest BCUT2D eigenvalue weighted by Gasteiger charge is -2.23. The molecule has 5 heteroatoms. The Kier molecular flexibility index (Phi) is 5.79. The number of hydrogen-bond acceptors (Lipinski definition) is 4. The van der Waals surface area contributed by atoms with Crippen molar-refractivity contribution < 1.29 is 13.9 Å². The second-order valence-corrected chi connectivity index (χ2v) is 10.2. The van der Waals surface area contributed by atoms with Crippen molar-refractivity contribution in [2.45, 2.75) is 64.1 Å². The van der Waals surface area contributed by atoms with Gasteiger partial charge < -0.3 is 13.9 Å². The van der Waals surface area contributed by atoms with Gasteiger partial charge in [0.15, 0.2) is 14.1 Å². The molecule has 0 aliphatic carbocycles. The van der Waals surface area contributed by atoms with Crippen LogP contribution in [0.25, 0.3) is 0 Å². The monoisotopic (exact) mass is 271 g/mol. The highest BCUT2D eigenvalue weighted by Crippen LogP contribution is 2.24. The molecule has 1 saturated heterocycles. The van der Waals surface area contributed by atoms with Crippen molar-refractivity contribution in [1.29, 1.82) is 5.26 Å². The van der Waals surface area contributed by atoms with Crippen LogP contribution in [0.1, 0.15) is 33.1 Å². The first-order valence-electron chi connectivity index (χ1n) is 6.67. The third-order valence-corrected chi connectivity index (χ3v) is 5.61. The number of nitrogens with zero attached hydrogens (tertiary/aromatic N) is 1. The van der Waals surface area contributed by atoms with Gasteiger partial charge >= 0.3 is 0 Å². The first-order valence-corrected chi connectivity index (χ1v) is 9.79. The van der Waals surface area contributed by atoms with Crippen molar-refractivity contribution in [2.24, 2.45) is 0 Å². The smallest absolute Gasteiger partial charge is 0.186 e. The highest BCUT2D eigenvalue weighted by atomic mass is 28.4. The Balaban J connectivity index is 2.15. The molecule has 1 heterocycles. The van der Waals surface area contributed by atoms with Crippen LogP contribution >= 0.6 is 0 Å². The van der Waals surface area contributed by atoms with Gasteiger partial charge in [-0.25, -0.2) is 0 Å². The molecule has 1 rings (SSSR count). The molecule has 0 radical (unpaired) electrons. The third kappa shape index (κ3) is 5.96. The Morgan fingerprint density at radius 1 is 1.44 bits per heavy atom. The maximum atomic E-state index is 8.53. The lowest BCUT2D eigenvalue weighted by Crippen LogP contribution is -2.31. The van der Waals surface area contributed by atoms with Gasteiger partial charge in [0.1, 0.15) is 0 Å². The zero-order valence-corrected chi connectivity index (χ0v) is 13.0. The number of unbranched alkanes of at least 4 members (excludes halogenated alkanes) is 1. The summed E-state index contributed by atoms with van der Waals surface area (Å²) in [4.78, 5) is 0. The maximum Gasteiger partial charge on any atom is 0.186 e. The van der Waals surface area contributed by atoms with Gasteiger partial charge in [0.25, 0.3) is 0 Å². The molecule has 4 nitrogen and oxygen atoms in total. The molecule has 1 atom stereocenters. The molecule has 0 aromatic rings. The van der Waals surface area contributed by atoms with E-state index in [0.717, 1.165) is 25.5 Å². The van der Waals surface area contributed by atoms with E-state index < -0.39 is 14.1 Å².